The lowest BCUT2D eigenvalue weighted by Gasteiger charge is -2.04. The van der Waals surface area contributed by atoms with Crippen LogP contribution in [0.25, 0.3) is 11.3 Å². The summed E-state index contributed by atoms with van der Waals surface area (Å²) in [5, 5.41) is 10.6. The van der Waals surface area contributed by atoms with Crippen LogP contribution in [-0.4, -0.2) is 35.4 Å². The van der Waals surface area contributed by atoms with Gasteiger partial charge >= 0.3 is 0 Å². The first kappa shape index (κ1) is 14.8. The number of methoxy groups -OCH3 is 2. The van der Waals surface area contributed by atoms with Crippen molar-refractivity contribution in [2.24, 2.45) is 0 Å². The molecule has 0 amide bonds. The Labute approximate surface area is 133 Å². The Morgan fingerprint density at radius 1 is 0.870 bits per heavy atom. The van der Waals surface area contributed by atoms with Gasteiger partial charge in [0.1, 0.15) is 17.2 Å². The zero-order valence-corrected chi connectivity index (χ0v) is 12.7. The number of ether oxygens (including phenoxy) is 2. The van der Waals surface area contributed by atoms with E-state index in [9.17, 15) is 4.79 Å². The number of H-pyrrole nitrogens is 1. The molecule has 2 aromatic carbocycles. The molecular formula is C17H15N3O3. The average Bonchev–Trinajstić information content (AvgIpc) is 3.11. The monoisotopic (exact) mass is 309 g/mol. The van der Waals surface area contributed by atoms with E-state index in [1.54, 1.807) is 38.5 Å². The number of hydrogen-bond donors (Lipinski definition) is 1. The molecule has 0 atom stereocenters. The number of aromatic nitrogens is 3. The molecule has 1 aromatic heterocycles. The number of nitrogens with zero attached hydrogens (tertiary/aromatic N) is 2. The van der Waals surface area contributed by atoms with Gasteiger partial charge in [-0.25, -0.2) is 0 Å². The maximum absolute atomic E-state index is 12.6. The third-order valence-electron chi connectivity index (χ3n) is 3.48. The molecule has 0 fully saturated rings. The molecule has 23 heavy (non-hydrogen) atoms. The van der Waals surface area contributed by atoms with Gasteiger partial charge in [0.2, 0.25) is 5.78 Å². The quantitative estimate of drug-likeness (QED) is 0.733. The zero-order valence-electron chi connectivity index (χ0n) is 12.7. The van der Waals surface area contributed by atoms with Crippen molar-refractivity contribution in [3.8, 4) is 22.8 Å². The summed E-state index contributed by atoms with van der Waals surface area (Å²) < 4.78 is 10.2. The number of benzene rings is 2. The minimum atomic E-state index is -0.202. The summed E-state index contributed by atoms with van der Waals surface area (Å²) in [6.45, 7) is 0. The minimum absolute atomic E-state index is 0.202. The summed E-state index contributed by atoms with van der Waals surface area (Å²) in [5.74, 6) is 1.23. The first-order valence-electron chi connectivity index (χ1n) is 6.97. The summed E-state index contributed by atoms with van der Waals surface area (Å²) in [4.78, 5) is 12.6. The minimum Gasteiger partial charge on any atom is -0.497 e. The van der Waals surface area contributed by atoms with E-state index in [1.807, 2.05) is 24.3 Å². The molecule has 1 heterocycles. The molecule has 0 saturated heterocycles. The van der Waals surface area contributed by atoms with Gasteiger partial charge in [-0.1, -0.05) is 0 Å². The predicted octanol–water partition coefficient (Wildman–Crippen LogP) is 2.72. The topological polar surface area (TPSA) is 77.1 Å². The highest BCUT2D eigenvalue weighted by Crippen LogP contribution is 2.24. The Kier molecular flexibility index (Phi) is 4.05. The average molecular weight is 309 g/mol. The number of ketones is 1. The molecule has 0 aliphatic rings. The van der Waals surface area contributed by atoms with Crippen LogP contribution >= 0.6 is 0 Å². The fourth-order valence-corrected chi connectivity index (χ4v) is 2.22. The number of aromatic amines is 1. The van der Waals surface area contributed by atoms with Crippen LogP contribution < -0.4 is 9.47 Å². The molecule has 0 radical (unpaired) electrons. The van der Waals surface area contributed by atoms with Gasteiger partial charge in [-0.15, -0.1) is 0 Å². The van der Waals surface area contributed by atoms with Crippen LogP contribution in [0.4, 0.5) is 0 Å². The van der Waals surface area contributed by atoms with Crippen molar-refractivity contribution >= 4 is 5.78 Å². The van der Waals surface area contributed by atoms with Crippen molar-refractivity contribution in [3.63, 3.8) is 0 Å². The maximum atomic E-state index is 12.6. The smallest absolute Gasteiger partial charge is 0.215 e. The van der Waals surface area contributed by atoms with Crippen molar-refractivity contribution < 1.29 is 14.3 Å². The van der Waals surface area contributed by atoms with Gasteiger partial charge in [-0.05, 0) is 48.5 Å². The standard InChI is InChI=1S/C17H15N3O3/c1-22-13-7-3-11(4-8-13)15-16(19-20-18-15)17(21)12-5-9-14(23-2)10-6-12/h3-10H,1-2H3,(H,18,19,20). The lowest BCUT2D eigenvalue weighted by molar-refractivity contribution is 0.103. The molecule has 1 N–H and O–H groups in total. The van der Waals surface area contributed by atoms with Crippen LogP contribution in [0.2, 0.25) is 0 Å². The maximum Gasteiger partial charge on any atom is 0.215 e. The van der Waals surface area contributed by atoms with Crippen LogP contribution in [-0.2, 0) is 0 Å². The lowest BCUT2D eigenvalue weighted by Crippen LogP contribution is -2.04. The van der Waals surface area contributed by atoms with E-state index < -0.39 is 0 Å². The van der Waals surface area contributed by atoms with E-state index in [-0.39, 0.29) is 11.5 Å². The fraction of sp³-hybridized carbons (Fsp3) is 0.118. The van der Waals surface area contributed by atoms with E-state index in [2.05, 4.69) is 15.4 Å². The van der Waals surface area contributed by atoms with Crippen molar-refractivity contribution in [1.29, 1.82) is 0 Å². The third kappa shape index (κ3) is 2.91. The second kappa shape index (κ2) is 6.31. The largest absolute Gasteiger partial charge is 0.497 e. The van der Waals surface area contributed by atoms with Crippen LogP contribution in [0.3, 0.4) is 0 Å². The van der Waals surface area contributed by atoms with Crippen molar-refractivity contribution in [1.82, 2.24) is 15.4 Å². The second-order valence-electron chi connectivity index (χ2n) is 4.81. The molecule has 3 aromatic rings. The molecule has 0 spiro atoms. The predicted molar refractivity (Wildman–Crippen MR) is 84.8 cm³/mol. The highest BCUT2D eigenvalue weighted by Gasteiger charge is 2.19. The second-order valence-corrected chi connectivity index (χ2v) is 4.81. The third-order valence-corrected chi connectivity index (χ3v) is 3.48. The summed E-state index contributed by atoms with van der Waals surface area (Å²) in [6, 6.07) is 14.2. The van der Waals surface area contributed by atoms with E-state index in [0.717, 1.165) is 11.3 Å². The van der Waals surface area contributed by atoms with E-state index in [4.69, 9.17) is 9.47 Å². The van der Waals surface area contributed by atoms with Crippen molar-refractivity contribution in [2.75, 3.05) is 14.2 Å². The Morgan fingerprint density at radius 3 is 2.00 bits per heavy atom. The number of rotatable bonds is 5. The summed E-state index contributed by atoms with van der Waals surface area (Å²) in [6.07, 6.45) is 0. The molecule has 6 heteroatoms. The van der Waals surface area contributed by atoms with Crippen molar-refractivity contribution in [3.05, 3.63) is 59.8 Å². The van der Waals surface area contributed by atoms with E-state index in [0.29, 0.717) is 17.0 Å². The Morgan fingerprint density at radius 2 is 1.43 bits per heavy atom. The molecule has 0 unspecified atom stereocenters. The molecule has 0 aliphatic heterocycles. The summed E-state index contributed by atoms with van der Waals surface area (Å²) in [7, 11) is 3.18. The summed E-state index contributed by atoms with van der Waals surface area (Å²) >= 11 is 0. The van der Waals surface area contributed by atoms with Crippen molar-refractivity contribution in [2.45, 2.75) is 0 Å². The lowest BCUT2D eigenvalue weighted by atomic mass is 10.0. The molecule has 3 rings (SSSR count). The first-order chi connectivity index (χ1) is 11.2. The van der Waals surface area contributed by atoms with Gasteiger partial charge in [-0.3, -0.25) is 4.79 Å². The van der Waals surface area contributed by atoms with E-state index >= 15 is 0 Å². The zero-order chi connectivity index (χ0) is 16.2. The number of hydrogen-bond acceptors (Lipinski definition) is 5. The number of carbonyl (C=O) groups excluding carboxylic acids is 1. The Balaban J connectivity index is 1.94. The normalized spacial score (nSPS) is 10.3. The highest BCUT2D eigenvalue weighted by atomic mass is 16.5. The van der Waals surface area contributed by atoms with Crippen LogP contribution in [0.5, 0.6) is 11.5 Å². The van der Waals surface area contributed by atoms with Crippen LogP contribution in [0, 0.1) is 0 Å². The number of carbonyl (C=O) groups is 1. The SMILES string of the molecule is COc1ccc(C(=O)c2n[nH]nc2-c2ccc(OC)cc2)cc1. The molecule has 116 valence electrons. The molecule has 0 saturated carbocycles. The van der Waals surface area contributed by atoms with Gasteiger partial charge in [0, 0.05) is 11.1 Å². The molecule has 0 aliphatic carbocycles. The van der Waals surface area contributed by atoms with Gasteiger partial charge in [0.05, 0.1) is 14.2 Å². The Bertz CT molecular complexity index is 808. The van der Waals surface area contributed by atoms with Crippen LogP contribution in [0.1, 0.15) is 16.1 Å². The number of nitrogens with one attached hydrogen (secondary N) is 1. The molecule has 0 bridgehead atoms. The summed E-state index contributed by atoms with van der Waals surface area (Å²) in [5.41, 5.74) is 2.10. The van der Waals surface area contributed by atoms with Gasteiger partial charge in [0.25, 0.3) is 0 Å². The Hall–Kier alpha value is -3.15. The first-order valence-corrected chi connectivity index (χ1v) is 6.97. The highest BCUT2D eigenvalue weighted by molar-refractivity contribution is 6.10. The fourth-order valence-electron chi connectivity index (χ4n) is 2.22. The van der Waals surface area contributed by atoms with Gasteiger partial charge < -0.3 is 9.47 Å². The molecule has 6 nitrogen and oxygen atoms in total. The van der Waals surface area contributed by atoms with E-state index in [1.165, 1.54) is 0 Å². The van der Waals surface area contributed by atoms with Gasteiger partial charge in [-0.2, -0.15) is 15.4 Å². The molecular weight excluding hydrogens is 294 g/mol. The van der Waals surface area contributed by atoms with Gasteiger partial charge in [0.15, 0.2) is 5.69 Å². The van der Waals surface area contributed by atoms with Crippen LogP contribution in [0.15, 0.2) is 48.5 Å².